The van der Waals surface area contributed by atoms with Gasteiger partial charge in [-0.15, -0.1) is 5.10 Å². The molecule has 5 rings (SSSR count). The van der Waals surface area contributed by atoms with Crippen LogP contribution in [0.1, 0.15) is 71.2 Å². The average Bonchev–Trinajstić information content (AvgIpc) is 3.53. The fourth-order valence-electron chi connectivity index (χ4n) is 6.25. The fourth-order valence-corrected chi connectivity index (χ4v) is 7.18. The van der Waals surface area contributed by atoms with Crippen LogP contribution in [0.4, 0.5) is 11.6 Å². The monoisotopic (exact) mass is 609 g/mol. The molecule has 1 fully saturated rings. The number of nitrogens with one attached hydrogen (secondary N) is 2. The Labute approximate surface area is 254 Å². The van der Waals surface area contributed by atoms with Crippen LogP contribution in [0.15, 0.2) is 47.6 Å². The van der Waals surface area contributed by atoms with Crippen molar-refractivity contribution in [2.45, 2.75) is 71.4 Å². The second-order valence-electron chi connectivity index (χ2n) is 13.0. The van der Waals surface area contributed by atoms with Gasteiger partial charge < -0.3 is 15.0 Å². The number of carbonyl (C=O) groups excluding carboxylic acids is 1. The third-order valence-corrected chi connectivity index (χ3v) is 9.81. The zero-order chi connectivity index (χ0) is 30.9. The number of hydrogen-bond donors (Lipinski definition) is 2. The molecular weight excluding hydrogens is 566 g/mol. The summed E-state index contributed by atoms with van der Waals surface area (Å²) in [6.07, 6.45) is 4.57. The van der Waals surface area contributed by atoms with Gasteiger partial charge in [0.1, 0.15) is 11.6 Å². The fraction of sp³-hybridized carbons (Fsp3) is 0.548. The molecule has 2 N–H and O–H groups in total. The molecule has 0 saturated carbocycles. The molecule has 232 valence electrons. The second kappa shape index (κ2) is 12.1. The lowest BCUT2D eigenvalue weighted by Gasteiger charge is -2.34. The summed E-state index contributed by atoms with van der Waals surface area (Å²) >= 11 is 0. The molecule has 2 aliphatic heterocycles. The van der Waals surface area contributed by atoms with Crippen molar-refractivity contribution in [1.29, 1.82) is 0 Å². The standard InChI is InChI=1S/C31H43N7O4S/c1-20(2)24(21(3)4)19-42-27-14-16-38(35-27)26-13-12-23-29(34-26)37-18-22(17-31(37,5)6)9-8-15-32-25-10-7-11-28(33-25)43(40,41)36-30(23)39/h7,10-14,16,20-22,24H,8-9,15,17-19H2,1-6H3,(H,32,33)(H,36,39)/t22-/m0/s1. The van der Waals surface area contributed by atoms with E-state index in [-0.39, 0.29) is 16.1 Å². The molecule has 4 bridgehead atoms. The van der Waals surface area contributed by atoms with E-state index in [1.807, 2.05) is 0 Å². The van der Waals surface area contributed by atoms with Gasteiger partial charge in [-0.1, -0.05) is 33.8 Å². The molecule has 3 aromatic rings. The van der Waals surface area contributed by atoms with Gasteiger partial charge in [-0.3, -0.25) is 4.79 Å². The van der Waals surface area contributed by atoms with Crippen LogP contribution in [-0.4, -0.2) is 59.3 Å². The molecule has 0 radical (unpaired) electrons. The predicted octanol–water partition coefficient (Wildman–Crippen LogP) is 4.90. The first-order chi connectivity index (χ1) is 20.3. The van der Waals surface area contributed by atoms with Gasteiger partial charge in [0.2, 0.25) is 5.88 Å². The minimum Gasteiger partial charge on any atom is -0.476 e. The SMILES string of the molecule is CC(C)C(COc1ccn(-c2ccc3c(n2)N2C[C@@H](CCCNc4cccc(n4)S(=O)(=O)NC3=O)CC2(C)C)n1)C(C)C. The van der Waals surface area contributed by atoms with Crippen molar-refractivity contribution in [1.82, 2.24) is 24.5 Å². The van der Waals surface area contributed by atoms with Crippen LogP contribution < -0.4 is 19.7 Å². The molecule has 0 spiro atoms. The van der Waals surface area contributed by atoms with Gasteiger partial charge >= 0.3 is 0 Å². The smallest absolute Gasteiger partial charge is 0.281 e. The molecule has 11 nitrogen and oxygen atoms in total. The number of pyridine rings is 2. The Morgan fingerprint density at radius 3 is 2.58 bits per heavy atom. The first kappa shape index (κ1) is 30.8. The number of aromatic nitrogens is 4. The van der Waals surface area contributed by atoms with Crippen LogP contribution in [0, 0.1) is 23.7 Å². The molecule has 1 atom stereocenters. The minimum absolute atomic E-state index is 0.172. The van der Waals surface area contributed by atoms with E-state index in [4.69, 9.17) is 9.72 Å². The number of nitrogens with zero attached hydrogens (tertiary/aromatic N) is 5. The van der Waals surface area contributed by atoms with E-state index >= 15 is 0 Å². The van der Waals surface area contributed by atoms with Crippen molar-refractivity contribution in [3.05, 3.63) is 48.2 Å². The molecule has 43 heavy (non-hydrogen) atoms. The maximum atomic E-state index is 13.6. The molecule has 0 aliphatic carbocycles. The molecule has 1 amide bonds. The lowest BCUT2D eigenvalue weighted by atomic mass is 9.86. The third kappa shape index (κ3) is 6.79. The van der Waals surface area contributed by atoms with Gasteiger partial charge in [0, 0.05) is 30.9 Å². The summed E-state index contributed by atoms with van der Waals surface area (Å²) in [5, 5.41) is 7.60. The molecule has 1 saturated heterocycles. The predicted molar refractivity (Wildman–Crippen MR) is 166 cm³/mol. The van der Waals surface area contributed by atoms with E-state index in [0.717, 1.165) is 19.3 Å². The molecule has 12 heteroatoms. The number of carbonyl (C=O) groups is 1. The summed E-state index contributed by atoms with van der Waals surface area (Å²) in [5.74, 6) is 2.86. The molecular formula is C31H43N7O4S. The highest BCUT2D eigenvalue weighted by molar-refractivity contribution is 7.90. The minimum atomic E-state index is -4.23. The van der Waals surface area contributed by atoms with Gasteiger partial charge in [0.25, 0.3) is 15.9 Å². The number of ether oxygens (including phenoxy) is 1. The molecule has 5 heterocycles. The van der Waals surface area contributed by atoms with Crippen molar-refractivity contribution in [3.63, 3.8) is 0 Å². The van der Waals surface area contributed by atoms with Gasteiger partial charge in [-0.2, -0.15) is 8.42 Å². The Kier molecular flexibility index (Phi) is 8.69. The molecule has 0 unspecified atom stereocenters. The van der Waals surface area contributed by atoms with E-state index in [9.17, 15) is 13.2 Å². The summed E-state index contributed by atoms with van der Waals surface area (Å²) in [7, 11) is -4.23. The van der Waals surface area contributed by atoms with Crippen LogP contribution in [-0.2, 0) is 10.0 Å². The summed E-state index contributed by atoms with van der Waals surface area (Å²) in [6, 6.07) is 9.79. The Hall–Kier alpha value is -3.67. The maximum absolute atomic E-state index is 13.6. The first-order valence-corrected chi connectivity index (χ1v) is 16.6. The number of sulfonamides is 1. The highest BCUT2D eigenvalue weighted by Crippen LogP contribution is 2.39. The van der Waals surface area contributed by atoms with Crippen molar-refractivity contribution in [3.8, 4) is 11.7 Å². The summed E-state index contributed by atoms with van der Waals surface area (Å²) in [5.41, 5.74) is -0.132. The highest BCUT2D eigenvalue weighted by Gasteiger charge is 2.41. The zero-order valence-electron chi connectivity index (χ0n) is 25.9. The number of hydrogen-bond acceptors (Lipinski definition) is 9. The number of amides is 1. The largest absolute Gasteiger partial charge is 0.476 e. The Balaban J connectivity index is 1.50. The topological polar surface area (TPSA) is 131 Å². The summed E-state index contributed by atoms with van der Waals surface area (Å²) in [6.45, 7) is 15.0. The van der Waals surface area contributed by atoms with Crippen molar-refractivity contribution < 1.29 is 17.9 Å². The van der Waals surface area contributed by atoms with E-state index in [1.54, 1.807) is 41.2 Å². The average molecular weight is 610 g/mol. The number of fused-ring (bicyclic) bond motifs is 6. The first-order valence-electron chi connectivity index (χ1n) is 15.1. The summed E-state index contributed by atoms with van der Waals surface area (Å²) in [4.78, 5) is 24.9. The normalized spacial score (nSPS) is 19.9. The van der Waals surface area contributed by atoms with Crippen LogP contribution in [0.3, 0.4) is 0 Å². The number of anilines is 2. The Morgan fingerprint density at radius 1 is 1.07 bits per heavy atom. The van der Waals surface area contributed by atoms with Crippen LogP contribution >= 0.6 is 0 Å². The van der Waals surface area contributed by atoms with Gasteiger partial charge in [-0.25, -0.2) is 19.4 Å². The van der Waals surface area contributed by atoms with Gasteiger partial charge in [-0.05, 0) is 81.0 Å². The van der Waals surface area contributed by atoms with Crippen LogP contribution in [0.25, 0.3) is 5.82 Å². The second-order valence-corrected chi connectivity index (χ2v) is 14.6. The Bertz CT molecular complexity index is 1560. The van der Waals surface area contributed by atoms with E-state index < -0.39 is 15.9 Å². The summed E-state index contributed by atoms with van der Waals surface area (Å²) < 4.78 is 36.3. The highest BCUT2D eigenvalue weighted by atomic mass is 32.2. The van der Waals surface area contributed by atoms with Crippen LogP contribution in [0.5, 0.6) is 5.88 Å². The molecule has 2 aliphatic rings. The van der Waals surface area contributed by atoms with Crippen LogP contribution in [0.2, 0.25) is 0 Å². The van der Waals surface area contributed by atoms with E-state index in [0.29, 0.717) is 66.7 Å². The van der Waals surface area contributed by atoms with Crippen molar-refractivity contribution in [2.75, 3.05) is 29.9 Å². The third-order valence-electron chi connectivity index (χ3n) is 8.58. The van der Waals surface area contributed by atoms with Crippen molar-refractivity contribution >= 4 is 27.6 Å². The van der Waals surface area contributed by atoms with E-state index in [1.165, 1.54) is 6.07 Å². The number of rotatable bonds is 6. The zero-order valence-corrected chi connectivity index (χ0v) is 26.7. The quantitative estimate of drug-likeness (QED) is 0.401. The lowest BCUT2D eigenvalue weighted by molar-refractivity contribution is 0.0981. The van der Waals surface area contributed by atoms with Crippen molar-refractivity contribution in [2.24, 2.45) is 23.7 Å². The molecule has 0 aromatic carbocycles. The van der Waals surface area contributed by atoms with E-state index in [2.05, 4.69) is 66.6 Å². The lowest BCUT2D eigenvalue weighted by Crippen LogP contribution is -2.41. The Morgan fingerprint density at radius 2 is 1.84 bits per heavy atom. The van der Waals surface area contributed by atoms with Gasteiger partial charge in [0.15, 0.2) is 10.8 Å². The maximum Gasteiger partial charge on any atom is 0.281 e. The molecule has 3 aromatic heterocycles. The van der Waals surface area contributed by atoms with Gasteiger partial charge in [0.05, 0.1) is 12.2 Å².